The summed E-state index contributed by atoms with van der Waals surface area (Å²) in [6.07, 6.45) is 1.22. The van der Waals surface area contributed by atoms with Crippen LogP contribution in [0, 0.1) is 5.92 Å². The topological polar surface area (TPSA) is 0 Å². The van der Waals surface area contributed by atoms with Crippen molar-refractivity contribution < 1.29 is 0 Å². The Morgan fingerprint density at radius 3 is 1.67 bits per heavy atom. The molecule has 0 nitrogen and oxygen atoms in total. The summed E-state index contributed by atoms with van der Waals surface area (Å²) in [7, 11) is 2.69. The van der Waals surface area contributed by atoms with Crippen molar-refractivity contribution in [2.75, 3.05) is 6.16 Å². The number of hydrogen-bond acceptors (Lipinski definition) is 0. The summed E-state index contributed by atoms with van der Waals surface area (Å²) >= 11 is 0. The van der Waals surface area contributed by atoms with E-state index in [4.69, 9.17) is 0 Å². The Kier molecular flexibility index (Phi) is 8.89. The molecule has 1 unspecified atom stereocenters. The van der Waals surface area contributed by atoms with Crippen LogP contribution in [0.15, 0.2) is 0 Å². The van der Waals surface area contributed by atoms with Crippen LogP contribution >= 0.6 is 9.24 Å². The van der Waals surface area contributed by atoms with Crippen LogP contribution in [0.3, 0.4) is 0 Å². The van der Waals surface area contributed by atoms with E-state index in [2.05, 4.69) is 23.1 Å². The third kappa shape index (κ3) is 8.82. The van der Waals surface area contributed by atoms with Gasteiger partial charge in [0.2, 0.25) is 0 Å². The molecule has 35 valence electrons. The fraction of sp³-hybridized carbons (Fsp3) is 1.00. The third-order valence-electron chi connectivity index (χ3n) is 0.471. The van der Waals surface area contributed by atoms with E-state index >= 15 is 0 Å². The van der Waals surface area contributed by atoms with E-state index in [0.717, 1.165) is 5.92 Å². The Balaban J connectivity index is 0. The average Bonchev–Trinajstić information content (AvgIpc) is 1.38. The first-order valence-corrected chi connectivity index (χ1v) is 2.79. The third-order valence-corrected chi connectivity index (χ3v) is 1.41. The molecule has 2 heteroatoms. The summed E-state index contributed by atoms with van der Waals surface area (Å²) in [5.74, 6) is 0.847. The van der Waals surface area contributed by atoms with E-state index < -0.39 is 0 Å². The van der Waals surface area contributed by atoms with Gasteiger partial charge in [-0.25, -0.2) is 0 Å². The Hall–Kier alpha value is 0.495. The highest BCUT2D eigenvalue weighted by Gasteiger charge is 1.80. The lowest BCUT2D eigenvalue weighted by molar-refractivity contribution is 0.750. The van der Waals surface area contributed by atoms with Crippen molar-refractivity contribution >= 4 is 17.7 Å². The van der Waals surface area contributed by atoms with E-state index in [0.29, 0.717) is 0 Å². The van der Waals surface area contributed by atoms with Crippen LogP contribution in [0.2, 0.25) is 0 Å². The Morgan fingerprint density at radius 2 is 1.67 bits per heavy atom. The second-order valence-electron chi connectivity index (χ2n) is 1.63. The minimum atomic E-state index is 0. The minimum Gasteiger partial charge on any atom is -0.137 e. The van der Waals surface area contributed by atoms with Crippen LogP contribution in [0.5, 0.6) is 0 Å². The largest absolute Gasteiger partial charge is 0.137 e. The summed E-state index contributed by atoms with van der Waals surface area (Å²) in [5, 5.41) is 0. The second kappa shape index (κ2) is 5.49. The molecular weight excluding hydrogens is 89.8 g/mol. The van der Waals surface area contributed by atoms with Gasteiger partial charge in [0.1, 0.15) is 0 Å². The molecule has 0 aromatic carbocycles. The summed E-state index contributed by atoms with van der Waals surface area (Å²) < 4.78 is 0. The number of hydrogen-bond donors (Lipinski definition) is 0. The standard InChI is InChI=1S/C4H11P.B/c1-4(2)3-5;/h4H,3,5H2,1-2H3;. The van der Waals surface area contributed by atoms with Crippen molar-refractivity contribution in [2.45, 2.75) is 13.8 Å². The maximum absolute atomic E-state index is 2.69. The van der Waals surface area contributed by atoms with E-state index in [-0.39, 0.29) is 8.41 Å². The molecule has 0 aromatic heterocycles. The zero-order valence-corrected chi connectivity index (χ0v) is 5.59. The van der Waals surface area contributed by atoms with Crippen molar-refractivity contribution in [3.8, 4) is 0 Å². The lowest BCUT2D eigenvalue weighted by Gasteiger charge is -1.90. The van der Waals surface area contributed by atoms with Crippen molar-refractivity contribution in [3.05, 3.63) is 0 Å². The fourth-order valence-corrected chi connectivity index (χ4v) is 0. The van der Waals surface area contributed by atoms with Crippen LogP contribution in [-0.2, 0) is 0 Å². The van der Waals surface area contributed by atoms with Crippen LogP contribution in [0.4, 0.5) is 0 Å². The normalized spacial score (nSPS) is 8.00. The van der Waals surface area contributed by atoms with Gasteiger partial charge in [-0.05, 0) is 12.1 Å². The lowest BCUT2D eigenvalue weighted by atomic mass is 10.3. The van der Waals surface area contributed by atoms with Crippen LogP contribution in [0.25, 0.3) is 0 Å². The molecule has 0 heterocycles. The number of rotatable bonds is 1. The lowest BCUT2D eigenvalue weighted by Crippen LogP contribution is -1.82. The monoisotopic (exact) mass is 101 g/mol. The van der Waals surface area contributed by atoms with E-state index in [1.165, 1.54) is 6.16 Å². The van der Waals surface area contributed by atoms with E-state index in [1.807, 2.05) is 0 Å². The SMILES string of the molecule is CC(C)CP.[B]. The molecule has 3 radical (unpaired) electrons. The molecule has 0 saturated heterocycles. The van der Waals surface area contributed by atoms with Crippen LogP contribution < -0.4 is 0 Å². The van der Waals surface area contributed by atoms with Gasteiger partial charge in [-0.2, -0.15) is 0 Å². The Labute approximate surface area is 44.5 Å². The van der Waals surface area contributed by atoms with Crippen LogP contribution in [0.1, 0.15) is 13.8 Å². The molecule has 0 aromatic rings. The highest BCUT2D eigenvalue weighted by atomic mass is 31.0. The maximum Gasteiger partial charge on any atom is 0 e. The van der Waals surface area contributed by atoms with Gasteiger partial charge in [0.25, 0.3) is 0 Å². The van der Waals surface area contributed by atoms with Crippen molar-refractivity contribution in [1.82, 2.24) is 0 Å². The summed E-state index contributed by atoms with van der Waals surface area (Å²) in [6, 6.07) is 0. The van der Waals surface area contributed by atoms with Gasteiger partial charge in [-0.1, -0.05) is 13.8 Å². The molecular formula is C4H11BP. The van der Waals surface area contributed by atoms with Crippen molar-refractivity contribution in [2.24, 2.45) is 5.92 Å². The molecule has 0 aliphatic carbocycles. The molecule has 0 fully saturated rings. The molecule has 0 aliphatic rings. The highest BCUT2D eigenvalue weighted by molar-refractivity contribution is 7.16. The molecule has 0 amide bonds. The molecule has 1 atom stereocenters. The average molecular weight is 101 g/mol. The predicted octanol–water partition coefficient (Wildman–Crippen LogP) is 1.14. The second-order valence-corrected chi connectivity index (χ2v) is 2.10. The Morgan fingerprint density at radius 1 is 1.50 bits per heavy atom. The first kappa shape index (κ1) is 9.71. The highest BCUT2D eigenvalue weighted by Crippen LogP contribution is 1.94. The van der Waals surface area contributed by atoms with Crippen LogP contribution in [-0.4, -0.2) is 14.6 Å². The maximum atomic E-state index is 2.69. The molecule has 0 spiro atoms. The van der Waals surface area contributed by atoms with Gasteiger partial charge in [-0.3, -0.25) is 0 Å². The van der Waals surface area contributed by atoms with Crippen molar-refractivity contribution in [3.63, 3.8) is 0 Å². The van der Waals surface area contributed by atoms with E-state index in [9.17, 15) is 0 Å². The van der Waals surface area contributed by atoms with Gasteiger partial charge in [0.05, 0.1) is 0 Å². The molecule has 0 bridgehead atoms. The molecule has 0 saturated carbocycles. The quantitative estimate of drug-likeness (QED) is 0.343. The van der Waals surface area contributed by atoms with E-state index in [1.54, 1.807) is 0 Å². The molecule has 0 rings (SSSR count). The van der Waals surface area contributed by atoms with Gasteiger partial charge in [0.15, 0.2) is 0 Å². The zero-order chi connectivity index (χ0) is 4.28. The first-order chi connectivity index (χ1) is 2.27. The Bertz CT molecular complexity index is 21.5. The van der Waals surface area contributed by atoms with Gasteiger partial charge < -0.3 is 0 Å². The first-order valence-electron chi connectivity index (χ1n) is 1.97. The molecule has 6 heavy (non-hydrogen) atoms. The van der Waals surface area contributed by atoms with Crippen molar-refractivity contribution in [1.29, 1.82) is 0 Å². The van der Waals surface area contributed by atoms with Gasteiger partial charge >= 0.3 is 0 Å². The smallest absolute Gasteiger partial charge is 0 e. The van der Waals surface area contributed by atoms with Gasteiger partial charge in [0, 0.05) is 8.41 Å². The molecule has 0 aliphatic heterocycles. The fourth-order valence-electron chi connectivity index (χ4n) is 0. The van der Waals surface area contributed by atoms with Gasteiger partial charge in [-0.15, -0.1) is 9.24 Å². The molecule has 0 N–H and O–H groups in total. The zero-order valence-electron chi connectivity index (χ0n) is 4.44. The summed E-state index contributed by atoms with van der Waals surface area (Å²) in [5.41, 5.74) is 0. The minimum absolute atomic E-state index is 0. The predicted molar refractivity (Wildman–Crippen MR) is 35.2 cm³/mol. The summed E-state index contributed by atoms with van der Waals surface area (Å²) in [4.78, 5) is 0. The summed E-state index contributed by atoms with van der Waals surface area (Å²) in [6.45, 7) is 4.40.